The van der Waals surface area contributed by atoms with Gasteiger partial charge in [-0.3, -0.25) is 4.79 Å². The Hall–Kier alpha value is -1.45. The third-order valence-corrected chi connectivity index (χ3v) is 2.17. The topological polar surface area (TPSA) is 63.1 Å². The molecule has 1 heterocycles. The van der Waals surface area contributed by atoms with Gasteiger partial charge in [0.2, 0.25) is 0 Å². The van der Waals surface area contributed by atoms with Crippen molar-refractivity contribution in [2.45, 2.75) is 18.8 Å². The van der Waals surface area contributed by atoms with Gasteiger partial charge in [-0.1, -0.05) is 0 Å². The highest BCUT2D eigenvalue weighted by atomic mass is 16.4. The highest BCUT2D eigenvalue weighted by molar-refractivity contribution is 5.77. The monoisotopic (exact) mass is 164 g/mol. The molecule has 1 aromatic rings. The molecule has 0 aromatic carbocycles. The molecule has 2 rings (SSSR count). The summed E-state index contributed by atoms with van der Waals surface area (Å²) in [7, 11) is 0. The second-order valence-corrected chi connectivity index (χ2v) is 2.85. The summed E-state index contributed by atoms with van der Waals surface area (Å²) in [5, 5.41) is 8.80. The number of nitrogens with zero attached hydrogens (tertiary/aromatic N) is 2. The highest BCUT2D eigenvalue weighted by Gasteiger charge is 2.29. The minimum atomic E-state index is -0.774. The molecule has 0 saturated carbocycles. The van der Waals surface area contributed by atoms with Crippen LogP contribution in [0.25, 0.3) is 0 Å². The number of aromatic nitrogens is 2. The number of carboxylic acid groups (broad SMARTS) is 1. The quantitative estimate of drug-likeness (QED) is 0.659. The van der Waals surface area contributed by atoms with Crippen molar-refractivity contribution < 1.29 is 9.90 Å². The Bertz CT molecular complexity index is 325. The van der Waals surface area contributed by atoms with Gasteiger partial charge in [0.25, 0.3) is 0 Å². The third-order valence-electron chi connectivity index (χ3n) is 2.17. The molecule has 0 fully saturated rings. The molecule has 0 amide bonds. The van der Waals surface area contributed by atoms with Gasteiger partial charge in [-0.15, -0.1) is 0 Å². The Morgan fingerprint density at radius 3 is 3.25 bits per heavy atom. The van der Waals surface area contributed by atoms with Crippen LogP contribution in [0.5, 0.6) is 0 Å². The van der Waals surface area contributed by atoms with E-state index in [2.05, 4.69) is 9.97 Å². The Balaban J connectivity index is 2.42. The smallest absolute Gasteiger partial charge is 0.311 e. The SMILES string of the molecule is O=C(O)C1CCc2ncncc21. The number of fused-ring (bicyclic) bond motifs is 1. The largest absolute Gasteiger partial charge is 0.481 e. The van der Waals surface area contributed by atoms with Crippen molar-refractivity contribution in [1.29, 1.82) is 0 Å². The second kappa shape index (κ2) is 2.55. The van der Waals surface area contributed by atoms with E-state index < -0.39 is 5.97 Å². The third kappa shape index (κ3) is 0.958. The molecule has 1 aliphatic carbocycles. The van der Waals surface area contributed by atoms with Crippen molar-refractivity contribution >= 4 is 5.97 Å². The van der Waals surface area contributed by atoms with Crippen molar-refractivity contribution in [3.8, 4) is 0 Å². The average molecular weight is 164 g/mol. The molecule has 1 aromatic heterocycles. The Labute approximate surface area is 69.3 Å². The number of hydrogen-bond acceptors (Lipinski definition) is 3. The van der Waals surface area contributed by atoms with Crippen LogP contribution in [0.2, 0.25) is 0 Å². The summed E-state index contributed by atoms with van der Waals surface area (Å²) in [4.78, 5) is 18.5. The van der Waals surface area contributed by atoms with E-state index in [9.17, 15) is 4.79 Å². The maximum absolute atomic E-state index is 10.7. The molecule has 1 N–H and O–H groups in total. The van der Waals surface area contributed by atoms with Gasteiger partial charge in [-0.2, -0.15) is 0 Å². The van der Waals surface area contributed by atoms with Crippen LogP contribution in [-0.2, 0) is 11.2 Å². The average Bonchev–Trinajstić information content (AvgIpc) is 2.47. The van der Waals surface area contributed by atoms with Crippen LogP contribution in [0.15, 0.2) is 12.5 Å². The van der Waals surface area contributed by atoms with Gasteiger partial charge in [0, 0.05) is 17.5 Å². The van der Waals surface area contributed by atoms with Crippen LogP contribution in [0.1, 0.15) is 23.6 Å². The van der Waals surface area contributed by atoms with Crippen LogP contribution in [0, 0.1) is 0 Å². The lowest BCUT2D eigenvalue weighted by Crippen LogP contribution is -2.08. The first-order chi connectivity index (χ1) is 5.79. The van der Waals surface area contributed by atoms with Crippen molar-refractivity contribution in [1.82, 2.24) is 9.97 Å². The number of carbonyl (C=O) groups is 1. The Morgan fingerprint density at radius 1 is 1.67 bits per heavy atom. The van der Waals surface area contributed by atoms with E-state index in [-0.39, 0.29) is 5.92 Å². The molecular formula is C8H8N2O2. The first-order valence-electron chi connectivity index (χ1n) is 3.80. The molecule has 1 unspecified atom stereocenters. The minimum absolute atomic E-state index is 0.388. The number of carboxylic acids is 1. The zero-order valence-electron chi connectivity index (χ0n) is 6.40. The maximum Gasteiger partial charge on any atom is 0.311 e. The molecule has 0 saturated heterocycles. The van der Waals surface area contributed by atoms with E-state index in [0.717, 1.165) is 17.7 Å². The number of rotatable bonds is 1. The molecule has 4 nitrogen and oxygen atoms in total. The summed E-state index contributed by atoms with van der Waals surface area (Å²) < 4.78 is 0. The molecule has 0 radical (unpaired) electrons. The van der Waals surface area contributed by atoms with E-state index in [1.807, 2.05) is 0 Å². The molecule has 1 aliphatic rings. The summed E-state index contributed by atoms with van der Waals surface area (Å²) in [5.74, 6) is -1.16. The molecule has 4 heteroatoms. The van der Waals surface area contributed by atoms with Gasteiger partial charge in [0.15, 0.2) is 0 Å². The van der Waals surface area contributed by atoms with E-state index in [4.69, 9.17) is 5.11 Å². The van der Waals surface area contributed by atoms with Crippen LogP contribution in [0.3, 0.4) is 0 Å². The molecular weight excluding hydrogens is 156 g/mol. The van der Waals surface area contributed by atoms with Gasteiger partial charge < -0.3 is 5.11 Å². The van der Waals surface area contributed by atoms with Crippen LogP contribution in [0.4, 0.5) is 0 Å². The molecule has 12 heavy (non-hydrogen) atoms. The lowest BCUT2D eigenvalue weighted by molar-refractivity contribution is -0.138. The Kier molecular flexibility index (Phi) is 1.53. The van der Waals surface area contributed by atoms with E-state index >= 15 is 0 Å². The zero-order valence-corrected chi connectivity index (χ0v) is 6.40. The van der Waals surface area contributed by atoms with Gasteiger partial charge in [0.05, 0.1) is 5.92 Å². The summed E-state index contributed by atoms with van der Waals surface area (Å²) in [5.41, 5.74) is 1.67. The van der Waals surface area contributed by atoms with Crippen molar-refractivity contribution in [3.63, 3.8) is 0 Å². The van der Waals surface area contributed by atoms with Gasteiger partial charge in [0.1, 0.15) is 6.33 Å². The zero-order chi connectivity index (χ0) is 8.55. The summed E-state index contributed by atoms with van der Waals surface area (Å²) in [6.07, 6.45) is 4.48. The van der Waals surface area contributed by atoms with Gasteiger partial charge in [-0.25, -0.2) is 9.97 Å². The van der Waals surface area contributed by atoms with Crippen molar-refractivity contribution in [2.24, 2.45) is 0 Å². The van der Waals surface area contributed by atoms with E-state index in [1.165, 1.54) is 6.33 Å². The highest BCUT2D eigenvalue weighted by Crippen LogP contribution is 2.30. The lowest BCUT2D eigenvalue weighted by Gasteiger charge is -2.02. The standard InChI is InChI=1S/C8H8N2O2/c11-8(12)5-1-2-7-6(5)3-9-4-10-7/h3-5H,1-2H2,(H,11,12). The fourth-order valence-electron chi connectivity index (χ4n) is 1.56. The van der Waals surface area contributed by atoms with E-state index in [1.54, 1.807) is 6.20 Å². The first-order valence-corrected chi connectivity index (χ1v) is 3.80. The second-order valence-electron chi connectivity index (χ2n) is 2.85. The molecule has 0 spiro atoms. The normalized spacial score (nSPS) is 20.5. The molecule has 0 aliphatic heterocycles. The van der Waals surface area contributed by atoms with E-state index in [0.29, 0.717) is 6.42 Å². The fraction of sp³-hybridized carbons (Fsp3) is 0.375. The molecule has 0 bridgehead atoms. The lowest BCUT2D eigenvalue weighted by atomic mass is 10.1. The number of hydrogen-bond donors (Lipinski definition) is 1. The van der Waals surface area contributed by atoms with Crippen LogP contribution in [-0.4, -0.2) is 21.0 Å². The van der Waals surface area contributed by atoms with Crippen molar-refractivity contribution in [3.05, 3.63) is 23.8 Å². The summed E-state index contributed by atoms with van der Waals surface area (Å²) >= 11 is 0. The Morgan fingerprint density at radius 2 is 2.50 bits per heavy atom. The van der Waals surface area contributed by atoms with Crippen LogP contribution >= 0.6 is 0 Å². The number of aliphatic carboxylic acids is 1. The minimum Gasteiger partial charge on any atom is -0.481 e. The summed E-state index contributed by atoms with van der Waals surface area (Å²) in [6, 6.07) is 0. The first kappa shape index (κ1) is 7.21. The predicted molar refractivity (Wildman–Crippen MR) is 40.7 cm³/mol. The summed E-state index contributed by atoms with van der Waals surface area (Å²) in [6.45, 7) is 0. The van der Waals surface area contributed by atoms with Gasteiger partial charge >= 0.3 is 5.97 Å². The molecule has 62 valence electrons. The van der Waals surface area contributed by atoms with Crippen molar-refractivity contribution in [2.75, 3.05) is 0 Å². The van der Waals surface area contributed by atoms with Gasteiger partial charge in [-0.05, 0) is 12.8 Å². The fourth-order valence-corrected chi connectivity index (χ4v) is 1.56. The number of aryl methyl sites for hydroxylation is 1. The predicted octanol–water partition coefficient (Wildman–Crippen LogP) is 0.591. The van der Waals surface area contributed by atoms with Crippen LogP contribution < -0.4 is 0 Å². The maximum atomic E-state index is 10.7. The molecule has 1 atom stereocenters.